The monoisotopic (exact) mass is 340 g/mol. The predicted octanol–water partition coefficient (Wildman–Crippen LogP) is 2.71. The topological polar surface area (TPSA) is 71.5 Å². The molecule has 7 heteroatoms. The molecule has 1 aromatic carbocycles. The van der Waals surface area contributed by atoms with Gasteiger partial charge in [0.1, 0.15) is 11.6 Å². The summed E-state index contributed by atoms with van der Waals surface area (Å²) in [6.45, 7) is -0.291. The number of hydrogen-bond acceptors (Lipinski definition) is 4. The summed E-state index contributed by atoms with van der Waals surface area (Å²) in [5.74, 6) is -0.641. The summed E-state index contributed by atoms with van der Waals surface area (Å²) in [4.78, 5) is 15.4. The van der Waals surface area contributed by atoms with Crippen LogP contribution in [-0.4, -0.2) is 22.6 Å². The first-order valence-electron chi connectivity index (χ1n) is 5.58. The third-order valence-electron chi connectivity index (χ3n) is 2.30. The van der Waals surface area contributed by atoms with Crippen LogP contribution in [-0.2, 0) is 4.79 Å². The number of nitrogens with zero attached hydrogens (tertiary/aromatic N) is 1. The van der Waals surface area contributed by atoms with E-state index in [-0.39, 0.29) is 18.2 Å². The number of hydrogen-bond donors (Lipinski definition) is 2. The predicted molar refractivity (Wildman–Crippen MR) is 74.1 cm³/mol. The fourth-order valence-electron chi connectivity index (χ4n) is 1.40. The molecule has 0 aliphatic rings. The van der Waals surface area contributed by atoms with Crippen molar-refractivity contribution in [1.29, 1.82) is 0 Å². The van der Waals surface area contributed by atoms with E-state index in [1.54, 1.807) is 0 Å². The number of halogens is 2. The molecule has 0 aliphatic carbocycles. The highest BCUT2D eigenvalue weighted by atomic mass is 79.9. The lowest BCUT2D eigenvalue weighted by Gasteiger charge is -2.09. The van der Waals surface area contributed by atoms with Crippen LogP contribution in [0, 0.1) is 5.82 Å². The second-order valence-electron chi connectivity index (χ2n) is 3.78. The maximum absolute atomic E-state index is 12.9. The Morgan fingerprint density at radius 2 is 2.25 bits per heavy atom. The van der Waals surface area contributed by atoms with Crippen molar-refractivity contribution < 1.29 is 19.0 Å². The van der Waals surface area contributed by atoms with Crippen LogP contribution in [0.4, 0.5) is 10.2 Å². The second-order valence-corrected chi connectivity index (χ2v) is 4.64. The summed E-state index contributed by atoms with van der Waals surface area (Å²) >= 11 is 3.13. The molecule has 1 aromatic heterocycles. The number of carbonyl (C=O) groups is 1. The van der Waals surface area contributed by atoms with Gasteiger partial charge in [-0.25, -0.2) is 9.37 Å². The molecule has 0 unspecified atom stereocenters. The first-order chi connectivity index (χ1) is 9.56. The minimum Gasteiger partial charge on any atom is -0.504 e. The fraction of sp³-hybridized carbons (Fsp3) is 0.0769. The Labute approximate surface area is 122 Å². The first kappa shape index (κ1) is 14.3. The van der Waals surface area contributed by atoms with Crippen LogP contribution in [0.3, 0.4) is 0 Å². The minimum absolute atomic E-state index is 0.0549. The third-order valence-corrected chi connectivity index (χ3v) is 2.92. The molecule has 2 aromatic rings. The Bertz CT molecular complexity index is 637. The smallest absolute Gasteiger partial charge is 0.263 e. The number of aromatic hydroxyl groups is 1. The molecule has 1 amide bonds. The van der Waals surface area contributed by atoms with Gasteiger partial charge in [-0.05, 0) is 46.3 Å². The maximum Gasteiger partial charge on any atom is 0.263 e. The summed E-state index contributed by atoms with van der Waals surface area (Å²) in [5, 5.41) is 11.8. The molecular weight excluding hydrogens is 331 g/mol. The third kappa shape index (κ3) is 3.67. The molecule has 2 rings (SSSR count). The normalized spacial score (nSPS) is 10.1. The van der Waals surface area contributed by atoms with Crippen LogP contribution < -0.4 is 10.1 Å². The van der Waals surface area contributed by atoms with Gasteiger partial charge in [0.2, 0.25) is 0 Å². The van der Waals surface area contributed by atoms with Crippen molar-refractivity contribution in [1.82, 2.24) is 4.98 Å². The Morgan fingerprint density at radius 1 is 1.45 bits per heavy atom. The number of ether oxygens (including phenoxy) is 1. The second kappa shape index (κ2) is 6.33. The largest absolute Gasteiger partial charge is 0.504 e. The van der Waals surface area contributed by atoms with Crippen molar-refractivity contribution in [2.45, 2.75) is 0 Å². The van der Waals surface area contributed by atoms with E-state index in [4.69, 9.17) is 4.74 Å². The summed E-state index contributed by atoms with van der Waals surface area (Å²) in [5.41, 5.74) is 0. The molecule has 0 aliphatic heterocycles. The van der Waals surface area contributed by atoms with Crippen LogP contribution in [0.5, 0.6) is 11.5 Å². The fourth-order valence-corrected chi connectivity index (χ4v) is 1.86. The average molecular weight is 341 g/mol. The molecule has 1 heterocycles. The number of aromatic nitrogens is 1. The number of anilines is 1. The van der Waals surface area contributed by atoms with E-state index in [0.717, 1.165) is 0 Å². The maximum atomic E-state index is 12.9. The molecule has 0 saturated carbocycles. The van der Waals surface area contributed by atoms with Crippen molar-refractivity contribution in [3.05, 3.63) is 46.8 Å². The van der Waals surface area contributed by atoms with Gasteiger partial charge in [0, 0.05) is 6.20 Å². The zero-order valence-electron chi connectivity index (χ0n) is 10.1. The number of amides is 1. The Hall–Kier alpha value is -2.15. The highest BCUT2D eigenvalue weighted by Gasteiger charge is 2.09. The molecule has 104 valence electrons. The number of carbonyl (C=O) groups excluding carboxylic acids is 1. The van der Waals surface area contributed by atoms with Crippen LogP contribution in [0.15, 0.2) is 41.0 Å². The van der Waals surface area contributed by atoms with E-state index in [2.05, 4.69) is 26.2 Å². The highest BCUT2D eigenvalue weighted by Crippen LogP contribution is 2.25. The SMILES string of the molecule is O=C(COc1ccc(F)cc1Br)Nc1ncccc1O. The van der Waals surface area contributed by atoms with Gasteiger partial charge in [0.25, 0.3) is 5.91 Å². The molecule has 5 nitrogen and oxygen atoms in total. The van der Waals surface area contributed by atoms with Gasteiger partial charge in [-0.2, -0.15) is 0 Å². The molecule has 0 radical (unpaired) electrons. The number of benzene rings is 1. The summed E-state index contributed by atoms with van der Waals surface area (Å²) in [7, 11) is 0. The van der Waals surface area contributed by atoms with Gasteiger partial charge in [0.15, 0.2) is 18.2 Å². The molecular formula is C13H10BrFN2O3. The molecule has 0 atom stereocenters. The molecule has 0 spiro atoms. The lowest BCUT2D eigenvalue weighted by Crippen LogP contribution is -2.20. The molecule has 2 N–H and O–H groups in total. The van der Waals surface area contributed by atoms with E-state index < -0.39 is 11.7 Å². The minimum atomic E-state index is -0.491. The van der Waals surface area contributed by atoms with Crippen LogP contribution >= 0.6 is 15.9 Å². The Morgan fingerprint density at radius 3 is 2.95 bits per heavy atom. The molecule has 0 saturated heterocycles. The van der Waals surface area contributed by atoms with Gasteiger partial charge < -0.3 is 15.2 Å². The van der Waals surface area contributed by atoms with Crippen molar-refractivity contribution in [3.8, 4) is 11.5 Å². The van der Waals surface area contributed by atoms with E-state index >= 15 is 0 Å². The summed E-state index contributed by atoms with van der Waals surface area (Å²) in [6, 6.07) is 6.81. The van der Waals surface area contributed by atoms with E-state index in [1.807, 2.05) is 0 Å². The highest BCUT2D eigenvalue weighted by molar-refractivity contribution is 9.10. The molecule has 20 heavy (non-hydrogen) atoms. The van der Waals surface area contributed by atoms with Crippen LogP contribution in [0.2, 0.25) is 0 Å². The lowest BCUT2D eigenvalue weighted by molar-refractivity contribution is -0.118. The van der Waals surface area contributed by atoms with E-state index in [9.17, 15) is 14.3 Å². The average Bonchev–Trinajstić information content (AvgIpc) is 2.40. The van der Waals surface area contributed by atoms with Crippen molar-refractivity contribution in [3.63, 3.8) is 0 Å². The van der Waals surface area contributed by atoms with Crippen LogP contribution in [0.25, 0.3) is 0 Å². The van der Waals surface area contributed by atoms with Crippen molar-refractivity contribution >= 4 is 27.7 Å². The lowest BCUT2D eigenvalue weighted by atomic mass is 10.3. The standard InChI is InChI=1S/C13H10BrFN2O3/c14-9-6-8(15)3-4-11(9)20-7-12(19)17-13-10(18)2-1-5-16-13/h1-6,18H,7H2,(H,16,17,19). The Kier molecular flexibility index (Phi) is 4.52. The number of nitrogens with one attached hydrogen (secondary N) is 1. The number of rotatable bonds is 4. The van der Waals surface area contributed by atoms with Crippen molar-refractivity contribution in [2.24, 2.45) is 0 Å². The van der Waals surface area contributed by atoms with Gasteiger partial charge in [-0.3, -0.25) is 4.79 Å². The Balaban J connectivity index is 1.94. The van der Waals surface area contributed by atoms with Crippen molar-refractivity contribution in [2.75, 3.05) is 11.9 Å². The van der Waals surface area contributed by atoms with Crippen LogP contribution in [0.1, 0.15) is 0 Å². The van der Waals surface area contributed by atoms with Gasteiger partial charge in [0.05, 0.1) is 4.47 Å². The quantitative estimate of drug-likeness (QED) is 0.897. The number of pyridine rings is 1. The summed E-state index contributed by atoms with van der Waals surface area (Å²) in [6.07, 6.45) is 1.44. The molecule has 0 fully saturated rings. The van der Waals surface area contributed by atoms with Gasteiger partial charge >= 0.3 is 0 Å². The molecule has 0 bridgehead atoms. The zero-order chi connectivity index (χ0) is 14.5. The first-order valence-corrected chi connectivity index (χ1v) is 6.37. The van der Waals surface area contributed by atoms with E-state index in [1.165, 1.54) is 36.5 Å². The van der Waals surface area contributed by atoms with Gasteiger partial charge in [-0.15, -0.1) is 0 Å². The zero-order valence-corrected chi connectivity index (χ0v) is 11.7. The van der Waals surface area contributed by atoms with Gasteiger partial charge in [-0.1, -0.05) is 0 Å². The summed E-state index contributed by atoms with van der Waals surface area (Å²) < 4.78 is 18.5. The van der Waals surface area contributed by atoms with E-state index in [0.29, 0.717) is 10.2 Å².